The van der Waals surface area contributed by atoms with Crippen molar-refractivity contribution in [3.8, 4) is 5.75 Å². The fraction of sp³-hybridized carbons (Fsp3) is 0.469. The van der Waals surface area contributed by atoms with E-state index in [1.165, 1.54) is 0 Å². The van der Waals surface area contributed by atoms with Crippen LogP contribution in [0.15, 0.2) is 72.8 Å². The van der Waals surface area contributed by atoms with Gasteiger partial charge in [-0.05, 0) is 49.8 Å². The number of nitrogens with zero attached hydrogens (tertiary/aromatic N) is 1. The average molecular weight is 546 g/mol. The van der Waals surface area contributed by atoms with Crippen LogP contribution >= 0.6 is 0 Å². The lowest BCUT2D eigenvalue weighted by molar-refractivity contribution is -0.140. The van der Waals surface area contributed by atoms with E-state index in [9.17, 15) is 14.4 Å². The maximum atomic E-state index is 13.7. The summed E-state index contributed by atoms with van der Waals surface area (Å²) in [6, 6.07) is 18.3. The normalized spacial score (nSPS) is 25.9. The highest BCUT2D eigenvalue weighted by molar-refractivity contribution is 5.90. The van der Waals surface area contributed by atoms with Gasteiger partial charge in [0.2, 0.25) is 11.8 Å². The van der Waals surface area contributed by atoms with Crippen LogP contribution in [0.1, 0.15) is 37.7 Å². The third-order valence-corrected chi connectivity index (χ3v) is 8.47. The number of hydrogen-bond donors (Lipinski definition) is 2. The van der Waals surface area contributed by atoms with E-state index in [1.807, 2.05) is 65.6 Å². The second-order valence-corrected chi connectivity index (χ2v) is 11.1. The van der Waals surface area contributed by atoms with E-state index in [2.05, 4.69) is 22.8 Å². The molecular formula is C32H39N3O5. The van der Waals surface area contributed by atoms with Crippen molar-refractivity contribution in [2.45, 2.75) is 50.6 Å². The van der Waals surface area contributed by atoms with Crippen LogP contribution in [0.25, 0.3) is 0 Å². The van der Waals surface area contributed by atoms with Gasteiger partial charge < -0.3 is 25.0 Å². The Balaban J connectivity index is 1.32. The summed E-state index contributed by atoms with van der Waals surface area (Å²) in [5.41, 5.74) is 0.401. The molecule has 3 amide bonds. The van der Waals surface area contributed by atoms with Gasteiger partial charge in [0.25, 0.3) is 5.91 Å². The fourth-order valence-corrected chi connectivity index (χ4v) is 5.96. The molecule has 0 bridgehead atoms. The van der Waals surface area contributed by atoms with E-state index in [-0.39, 0.29) is 36.3 Å². The lowest BCUT2D eigenvalue weighted by atomic mass is 9.75. The number of carbonyl (C=O) groups is 3. The number of amides is 3. The van der Waals surface area contributed by atoms with Gasteiger partial charge in [0.1, 0.15) is 11.8 Å². The third-order valence-electron chi connectivity index (χ3n) is 8.47. The Bertz CT molecular complexity index is 1180. The van der Waals surface area contributed by atoms with Crippen molar-refractivity contribution < 1.29 is 23.9 Å². The van der Waals surface area contributed by atoms with Crippen LogP contribution in [-0.4, -0.2) is 67.6 Å². The van der Waals surface area contributed by atoms with Gasteiger partial charge in [0.05, 0.1) is 5.41 Å². The minimum Gasteiger partial charge on any atom is -0.484 e. The average Bonchev–Trinajstić information content (AvgIpc) is 2.99. The van der Waals surface area contributed by atoms with Crippen molar-refractivity contribution in [2.24, 2.45) is 11.3 Å². The maximum absolute atomic E-state index is 13.7. The van der Waals surface area contributed by atoms with Crippen LogP contribution in [0, 0.1) is 11.3 Å². The van der Waals surface area contributed by atoms with Crippen molar-refractivity contribution in [3.05, 3.63) is 78.4 Å². The van der Waals surface area contributed by atoms with Gasteiger partial charge in [-0.25, -0.2) is 0 Å². The number of rotatable bonds is 5. The summed E-state index contributed by atoms with van der Waals surface area (Å²) < 4.78 is 11.3. The molecule has 2 N–H and O–H groups in total. The molecular weight excluding hydrogens is 506 g/mol. The first-order valence-corrected chi connectivity index (χ1v) is 14.4. The van der Waals surface area contributed by atoms with Gasteiger partial charge in [-0.2, -0.15) is 0 Å². The number of fused-ring (bicyclic) bond motifs is 1. The second-order valence-electron chi connectivity index (χ2n) is 11.1. The molecule has 2 saturated heterocycles. The number of ether oxygens (including phenoxy) is 2. The van der Waals surface area contributed by atoms with E-state index >= 15 is 0 Å². The quantitative estimate of drug-likeness (QED) is 0.563. The van der Waals surface area contributed by atoms with Gasteiger partial charge in [-0.1, -0.05) is 60.7 Å². The zero-order valence-electron chi connectivity index (χ0n) is 22.9. The van der Waals surface area contributed by atoms with Crippen LogP contribution in [0.5, 0.6) is 5.75 Å². The van der Waals surface area contributed by atoms with E-state index in [1.54, 1.807) is 0 Å². The molecule has 8 nitrogen and oxygen atoms in total. The summed E-state index contributed by atoms with van der Waals surface area (Å²) >= 11 is 0. The summed E-state index contributed by atoms with van der Waals surface area (Å²) in [6.07, 6.45) is 7.85. The van der Waals surface area contributed by atoms with Crippen LogP contribution in [0.2, 0.25) is 0 Å². The number of carbonyl (C=O) groups excluding carboxylic acids is 3. The van der Waals surface area contributed by atoms with E-state index in [4.69, 9.17) is 9.47 Å². The molecule has 3 aliphatic heterocycles. The molecule has 8 heteroatoms. The van der Waals surface area contributed by atoms with Gasteiger partial charge in [-0.3, -0.25) is 14.4 Å². The summed E-state index contributed by atoms with van der Waals surface area (Å²) in [5, 5.41) is 6.38. The highest BCUT2D eigenvalue weighted by atomic mass is 16.5. The monoisotopic (exact) mass is 545 g/mol. The Kier molecular flexibility index (Phi) is 9.16. The molecule has 3 atom stereocenters. The molecule has 2 aromatic rings. The first-order chi connectivity index (χ1) is 19.5. The van der Waals surface area contributed by atoms with Crippen molar-refractivity contribution >= 4 is 17.7 Å². The zero-order valence-corrected chi connectivity index (χ0v) is 22.9. The Hall–Kier alpha value is -3.65. The molecule has 0 saturated carbocycles. The van der Waals surface area contributed by atoms with Crippen LogP contribution in [-0.2, 0) is 25.5 Å². The van der Waals surface area contributed by atoms with Crippen molar-refractivity contribution in [3.63, 3.8) is 0 Å². The summed E-state index contributed by atoms with van der Waals surface area (Å²) in [7, 11) is 0. The van der Waals surface area contributed by atoms with E-state index < -0.39 is 11.5 Å². The SMILES string of the molecule is O=C1N[C@H]2CCN(C(=O)COc3ccccc3)C[C@H]2C/C=C/CC2(CCOCC2)C(=O)N[C@@H]1Cc1ccccc1. The Labute approximate surface area is 236 Å². The number of para-hydroxylation sites is 1. The first kappa shape index (κ1) is 27.9. The highest BCUT2D eigenvalue weighted by Crippen LogP contribution is 2.36. The zero-order chi connectivity index (χ0) is 27.8. The topological polar surface area (TPSA) is 97.0 Å². The minimum absolute atomic E-state index is 0.0145. The maximum Gasteiger partial charge on any atom is 0.260 e. The molecule has 212 valence electrons. The molecule has 1 spiro atoms. The Morgan fingerprint density at radius 2 is 1.70 bits per heavy atom. The van der Waals surface area contributed by atoms with Gasteiger partial charge in [-0.15, -0.1) is 0 Å². The van der Waals surface area contributed by atoms with Gasteiger partial charge in [0.15, 0.2) is 6.61 Å². The predicted molar refractivity (Wildman–Crippen MR) is 151 cm³/mol. The minimum atomic E-state index is -0.683. The Morgan fingerprint density at radius 3 is 2.45 bits per heavy atom. The number of hydrogen-bond acceptors (Lipinski definition) is 5. The van der Waals surface area contributed by atoms with Gasteiger partial charge in [0, 0.05) is 44.7 Å². The largest absolute Gasteiger partial charge is 0.484 e. The second kappa shape index (κ2) is 13.1. The molecule has 2 fully saturated rings. The Morgan fingerprint density at radius 1 is 0.975 bits per heavy atom. The first-order valence-electron chi connectivity index (χ1n) is 14.4. The molecule has 40 heavy (non-hydrogen) atoms. The van der Waals surface area contributed by atoms with Crippen LogP contribution in [0.4, 0.5) is 0 Å². The number of benzene rings is 2. The molecule has 2 aromatic carbocycles. The summed E-state index contributed by atoms with van der Waals surface area (Å²) in [5.74, 6) is 0.422. The fourth-order valence-electron chi connectivity index (χ4n) is 5.96. The van der Waals surface area contributed by atoms with Crippen molar-refractivity contribution in [2.75, 3.05) is 32.9 Å². The lowest BCUT2D eigenvalue weighted by Gasteiger charge is -2.40. The van der Waals surface area contributed by atoms with E-state index in [0.29, 0.717) is 70.6 Å². The standard InChI is InChI=1S/C32H39N3O5/c36-29(23-40-26-12-5-2-6-13-26)35-18-14-27-25(22-35)11-7-8-15-32(16-19-39-20-17-32)31(38)34-28(30(37)33-27)21-24-9-3-1-4-10-24/h1-10,12-13,25,27-28H,11,14-23H2,(H,33,37)(H,34,38)/b8-7+/t25-,27+,28-/m1/s1. The molecule has 0 aliphatic carbocycles. The van der Waals surface area contributed by atoms with Crippen LogP contribution < -0.4 is 15.4 Å². The predicted octanol–water partition coefficient (Wildman–Crippen LogP) is 3.27. The van der Waals surface area contributed by atoms with Crippen molar-refractivity contribution in [1.82, 2.24) is 15.5 Å². The number of piperidine rings is 1. The highest BCUT2D eigenvalue weighted by Gasteiger charge is 2.41. The van der Waals surface area contributed by atoms with Crippen LogP contribution in [0.3, 0.4) is 0 Å². The number of likely N-dealkylation sites (tertiary alicyclic amines) is 1. The molecule has 3 aliphatic rings. The lowest BCUT2D eigenvalue weighted by Crippen LogP contribution is -2.58. The molecule has 0 radical (unpaired) electrons. The molecule has 0 unspecified atom stereocenters. The number of allylic oxidation sites excluding steroid dienone is 2. The van der Waals surface area contributed by atoms with Crippen molar-refractivity contribution in [1.29, 1.82) is 0 Å². The smallest absolute Gasteiger partial charge is 0.260 e. The summed E-state index contributed by atoms with van der Waals surface area (Å²) in [6.45, 7) is 2.13. The molecule has 0 aromatic heterocycles. The summed E-state index contributed by atoms with van der Waals surface area (Å²) in [4.78, 5) is 42.3. The molecule has 5 rings (SSSR count). The number of nitrogens with one attached hydrogen (secondary N) is 2. The molecule has 3 heterocycles. The van der Waals surface area contributed by atoms with E-state index in [0.717, 1.165) is 5.56 Å². The third kappa shape index (κ3) is 6.91. The van der Waals surface area contributed by atoms with Gasteiger partial charge >= 0.3 is 0 Å².